The van der Waals surface area contributed by atoms with Crippen LogP contribution in [0.1, 0.15) is 11.1 Å². The zero-order valence-electron chi connectivity index (χ0n) is 6.91. The van der Waals surface area contributed by atoms with E-state index in [0.29, 0.717) is 5.70 Å². The second-order valence-electron chi connectivity index (χ2n) is 2.54. The summed E-state index contributed by atoms with van der Waals surface area (Å²) in [7, 11) is 0. The molecule has 1 aromatic rings. The van der Waals surface area contributed by atoms with Gasteiger partial charge < -0.3 is 5.73 Å². The summed E-state index contributed by atoms with van der Waals surface area (Å²) in [5, 5.41) is 8.38. The van der Waals surface area contributed by atoms with Gasteiger partial charge in [-0.25, -0.2) is 0 Å². The molecule has 0 saturated carbocycles. The van der Waals surface area contributed by atoms with Gasteiger partial charge in [-0.15, -0.1) is 0 Å². The fourth-order valence-electron chi connectivity index (χ4n) is 1.04. The molecule has 0 aliphatic heterocycles. The molecule has 0 amide bonds. The van der Waals surface area contributed by atoms with Gasteiger partial charge in [0.1, 0.15) is 0 Å². The molecule has 2 N–H and O–H groups in total. The van der Waals surface area contributed by atoms with Crippen LogP contribution < -0.4 is 5.73 Å². The van der Waals surface area contributed by atoms with E-state index in [1.165, 1.54) is 6.08 Å². The maximum absolute atomic E-state index is 8.38. The quantitative estimate of drug-likeness (QED) is 0.634. The summed E-state index contributed by atoms with van der Waals surface area (Å²) in [6, 6.07) is 9.62. The molecule has 0 radical (unpaired) electrons. The van der Waals surface area contributed by atoms with Gasteiger partial charge in [0.25, 0.3) is 0 Å². The van der Waals surface area contributed by atoms with E-state index in [9.17, 15) is 0 Å². The molecule has 1 aromatic carbocycles. The molecule has 0 atom stereocenters. The Hall–Kier alpha value is -1.75. The number of hydrogen-bond acceptors (Lipinski definition) is 2. The van der Waals surface area contributed by atoms with Crippen LogP contribution in [0, 0.1) is 18.3 Å². The van der Waals surface area contributed by atoms with Crippen LogP contribution in [0.4, 0.5) is 0 Å². The van der Waals surface area contributed by atoms with Crippen molar-refractivity contribution >= 4 is 5.70 Å². The van der Waals surface area contributed by atoms with Crippen LogP contribution in [0.2, 0.25) is 0 Å². The molecule has 0 aliphatic carbocycles. The number of hydrogen-bond donors (Lipinski definition) is 1. The third-order valence-electron chi connectivity index (χ3n) is 1.68. The molecular formula is C10H10N2. The lowest BCUT2D eigenvalue weighted by atomic mass is 10.1. The molecule has 0 bridgehead atoms. The van der Waals surface area contributed by atoms with Crippen LogP contribution in [0.5, 0.6) is 0 Å². The van der Waals surface area contributed by atoms with Crippen LogP contribution in [-0.2, 0) is 0 Å². The minimum atomic E-state index is 0.524. The Labute approximate surface area is 71.9 Å². The predicted molar refractivity (Wildman–Crippen MR) is 49.0 cm³/mol. The van der Waals surface area contributed by atoms with Crippen LogP contribution in [-0.4, -0.2) is 0 Å². The largest absolute Gasteiger partial charge is 0.398 e. The Bertz CT molecular complexity index is 345. The van der Waals surface area contributed by atoms with Crippen LogP contribution in [0.25, 0.3) is 5.70 Å². The van der Waals surface area contributed by atoms with Gasteiger partial charge in [0.15, 0.2) is 0 Å². The standard InChI is InChI=1S/C10H10N2/c1-8-4-2-3-5-9(8)10(12)6-7-11/h2-6H,12H2,1H3/b10-6+. The molecule has 60 valence electrons. The van der Waals surface area contributed by atoms with Crippen molar-refractivity contribution in [3.8, 4) is 6.07 Å². The number of nitrogens with zero attached hydrogens (tertiary/aromatic N) is 1. The van der Waals surface area contributed by atoms with Crippen LogP contribution in [0.15, 0.2) is 30.3 Å². The summed E-state index contributed by atoms with van der Waals surface area (Å²) < 4.78 is 0. The van der Waals surface area contributed by atoms with Gasteiger partial charge in [0, 0.05) is 17.3 Å². The molecule has 0 spiro atoms. The Morgan fingerprint density at radius 1 is 1.50 bits per heavy atom. The van der Waals surface area contributed by atoms with Gasteiger partial charge in [-0.3, -0.25) is 0 Å². The zero-order chi connectivity index (χ0) is 8.97. The third kappa shape index (κ3) is 1.64. The Balaban J connectivity index is 3.13. The summed E-state index contributed by atoms with van der Waals surface area (Å²) >= 11 is 0. The fraction of sp³-hybridized carbons (Fsp3) is 0.100. The van der Waals surface area contributed by atoms with Crippen molar-refractivity contribution in [3.05, 3.63) is 41.5 Å². The number of aryl methyl sites for hydroxylation is 1. The Morgan fingerprint density at radius 2 is 2.17 bits per heavy atom. The maximum atomic E-state index is 8.38. The smallest absolute Gasteiger partial charge is 0.0933 e. The summed E-state index contributed by atoms with van der Waals surface area (Å²) in [5.74, 6) is 0. The highest BCUT2D eigenvalue weighted by Gasteiger charge is 1.97. The van der Waals surface area contributed by atoms with Gasteiger partial charge >= 0.3 is 0 Å². The van der Waals surface area contributed by atoms with E-state index in [-0.39, 0.29) is 0 Å². The van der Waals surface area contributed by atoms with E-state index in [2.05, 4.69) is 0 Å². The van der Waals surface area contributed by atoms with Crippen molar-refractivity contribution in [1.29, 1.82) is 5.26 Å². The third-order valence-corrected chi connectivity index (χ3v) is 1.68. The van der Waals surface area contributed by atoms with E-state index >= 15 is 0 Å². The van der Waals surface area contributed by atoms with Gasteiger partial charge in [0.05, 0.1) is 6.07 Å². The lowest BCUT2D eigenvalue weighted by molar-refractivity contribution is 1.39. The molecule has 1 rings (SSSR count). The first-order valence-electron chi connectivity index (χ1n) is 3.67. The molecule has 12 heavy (non-hydrogen) atoms. The van der Waals surface area contributed by atoms with Gasteiger partial charge in [-0.05, 0) is 12.5 Å². The summed E-state index contributed by atoms with van der Waals surface area (Å²) in [4.78, 5) is 0. The number of rotatable bonds is 1. The summed E-state index contributed by atoms with van der Waals surface area (Å²) in [5.41, 5.74) is 8.18. The minimum absolute atomic E-state index is 0.524. The predicted octanol–water partition coefficient (Wildman–Crippen LogP) is 1.82. The number of nitriles is 1. The van der Waals surface area contributed by atoms with E-state index in [1.54, 1.807) is 0 Å². The Kier molecular flexibility index (Phi) is 2.49. The van der Waals surface area contributed by atoms with Crippen molar-refractivity contribution in [1.82, 2.24) is 0 Å². The molecular weight excluding hydrogens is 148 g/mol. The molecule has 2 heteroatoms. The zero-order valence-corrected chi connectivity index (χ0v) is 6.91. The molecule has 0 aliphatic rings. The first kappa shape index (κ1) is 8.35. The highest BCUT2D eigenvalue weighted by atomic mass is 14.6. The highest BCUT2D eigenvalue weighted by molar-refractivity contribution is 5.67. The number of nitrogens with two attached hydrogens (primary N) is 1. The van der Waals surface area contributed by atoms with Gasteiger partial charge in [-0.2, -0.15) is 5.26 Å². The normalized spacial score (nSPS) is 10.8. The Morgan fingerprint density at radius 3 is 2.75 bits per heavy atom. The molecule has 2 nitrogen and oxygen atoms in total. The lowest BCUT2D eigenvalue weighted by Gasteiger charge is -2.02. The van der Waals surface area contributed by atoms with Gasteiger partial charge in [0.2, 0.25) is 0 Å². The van der Waals surface area contributed by atoms with Crippen molar-refractivity contribution in [2.24, 2.45) is 5.73 Å². The fourth-order valence-corrected chi connectivity index (χ4v) is 1.04. The summed E-state index contributed by atoms with van der Waals surface area (Å²) in [6.45, 7) is 1.97. The van der Waals surface area contributed by atoms with Crippen molar-refractivity contribution < 1.29 is 0 Å². The number of benzene rings is 1. The van der Waals surface area contributed by atoms with Crippen molar-refractivity contribution in [2.75, 3.05) is 0 Å². The van der Waals surface area contributed by atoms with Gasteiger partial charge in [-0.1, -0.05) is 24.3 Å². The SMILES string of the molecule is Cc1ccccc1/C(N)=C\C#N. The summed E-state index contributed by atoms with van der Waals surface area (Å²) in [6.07, 6.45) is 1.35. The van der Waals surface area contributed by atoms with Crippen LogP contribution >= 0.6 is 0 Å². The molecule has 0 heterocycles. The second kappa shape index (κ2) is 3.59. The van der Waals surface area contributed by atoms with E-state index in [4.69, 9.17) is 11.0 Å². The highest BCUT2D eigenvalue weighted by Crippen LogP contribution is 2.12. The number of allylic oxidation sites excluding steroid dienone is 1. The van der Waals surface area contributed by atoms with E-state index < -0.39 is 0 Å². The first-order valence-corrected chi connectivity index (χ1v) is 3.67. The average molecular weight is 158 g/mol. The molecule has 0 saturated heterocycles. The minimum Gasteiger partial charge on any atom is -0.398 e. The molecule has 0 aromatic heterocycles. The maximum Gasteiger partial charge on any atom is 0.0933 e. The lowest BCUT2D eigenvalue weighted by Crippen LogP contribution is -1.97. The van der Waals surface area contributed by atoms with Crippen molar-refractivity contribution in [2.45, 2.75) is 6.92 Å². The average Bonchev–Trinajstić information content (AvgIpc) is 2.05. The van der Waals surface area contributed by atoms with Crippen molar-refractivity contribution in [3.63, 3.8) is 0 Å². The molecule has 0 unspecified atom stereocenters. The topological polar surface area (TPSA) is 49.8 Å². The van der Waals surface area contributed by atoms with Crippen LogP contribution in [0.3, 0.4) is 0 Å². The first-order chi connectivity index (χ1) is 5.75. The van der Waals surface area contributed by atoms with E-state index in [0.717, 1.165) is 11.1 Å². The molecule has 0 fully saturated rings. The second-order valence-corrected chi connectivity index (χ2v) is 2.54. The monoisotopic (exact) mass is 158 g/mol. The van der Waals surface area contributed by atoms with E-state index in [1.807, 2.05) is 37.3 Å².